The SMILES string of the molecule is [C-]#[N+]c1ccccc1Oc1ccc(-c2ccccc2)cc1-c1cc(-c2ccccc2)ccc1O. The highest BCUT2D eigenvalue weighted by Gasteiger charge is 2.16. The fraction of sp³-hybridized carbons (Fsp3) is 0. The van der Waals surface area contributed by atoms with Crippen molar-refractivity contribution in [3.8, 4) is 50.6 Å². The van der Waals surface area contributed by atoms with E-state index in [9.17, 15) is 5.11 Å². The summed E-state index contributed by atoms with van der Waals surface area (Å²) in [6.07, 6.45) is 0. The minimum absolute atomic E-state index is 0.160. The smallest absolute Gasteiger partial charge is 0.228 e. The van der Waals surface area contributed by atoms with Crippen LogP contribution in [0.5, 0.6) is 17.2 Å². The van der Waals surface area contributed by atoms with Gasteiger partial charge >= 0.3 is 0 Å². The van der Waals surface area contributed by atoms with Crippen molar-refractivity contribution in [1.82, 2.24) is 0 Å². The maximum Gasteiger partial charge on any atom is 0.228 e. The summed E-state index contributed by atoms with van der Waals surface area (Å²) in [5.74, 6) is 1.20. The summed E-state index contributed by atoms with van der Waals surface area (Å²) >= 11 is 0. The number of hydrogen-bond acceptors (Lipinski definition) is 2. The summed E-state index contributed by atoms with van der Waals surface area (Å²) in [7, 11) is 0. The molecule has 0 spiro atoms. The number of para-hydroxylation sites is 2. The number of hydrogen-bond donors (Lipinski definition) is 1. The van der Waals surface area contributed by atoms with Crippen LogP contribution >= 0.6 is 0 Å². The topological polar surface area (TPSA) is 33.8 Å². The number of ether oxygens (including phenoxy) is 1. The van der Waals surface area contributed by atoms with Gasteiger partial charge in [-0.2, -0.15) is 0 Å². The fourth-order valence-electron chi connectivity index (χ4n) is 3.96. The van der Waals surface area contributed by atoms with Gasteiger partial charge in [-0.25, -0.2) is 4.85 Å². The van der Waals surface area contributed by atoms with Crippen molar-refractivity contribution >= 4 is 5.69 Å². The Hall–Kier alpha value is -4.81. The second kappa shape index (κ2) is 9.36. The third-order valence-corrected chi connectivity index (χ3v) is 5.69. The summed E-state index contributed by atoms with van der Waals surface area (Å²) < 4.78 is 6.25. The molecule has 5 aromatic rings. The predicted octanol–water partition coefficient (Wildman–Crippen LogP) is 8.74. The van der Waals surface area contributed by atoms with E-state index in [2.05, 4.69) is 4.85 Å². The van der Waals surface area contributed by atoms with Gasteiger partial charge in [0, 0.05) is 11.1 Å². The molecule has 0 bridgehead atoms. The van der Waals surface area contributed by atoms with Crippen LogP contribution < -0.4 is 4.74 Å². The molecular formula is C31H21NO2. The molecule has 5 rings (SSSR count). The average Bonchev–Trinajstić information content (AvgIpc) is 2.90. The minimum Gasteiger partial charge on any atom is -0.507 e. The Morgan fingerprint density at radius 3 is 1.74 bits per heavy atom. The molecule has 0 aromatic heterocycles. The quantitative estimate of drug-likeness (QED) is 0.278. The van der Waals surface area contributed by atoms with Crippen LogP contribution in [-0.2, 0) is 0 Å². The monoisotopic (exact) mass is 439 g/mol. The van der Waals surface area contributed by atoms with Gasteiger partial charge in [0.25, 0.3) is 0 Å². The van der Waals surface area contributed by atoms with E-state index in [0.29, 0.717) is 22.7 Å². The van der Waals surface area contributed by atoms with E-state index in [0.717, 1.165) is 27.8 Å². The van der Waals surface area contributed by atoms with Gasteiger partial charge in [0.05, 0.1) is 6.57 Å². The Balaban J connectivity index is 1.68. The highest BCUT2D eigenvalue weighted by Crippen LogP contribution is 2.43. The molecule has 1 N–H and O–H groups in total. The zero-order valence-corrected chi connectivity index (χ0v) is 18.3. The molecule has 162 valence electrons. The Morgan fingerprint density at radius 2 is 1.09 bits per heavy atom. The Kier molecular flexibility index (Phi) is 5.80. The van der Waals surface area contributed by atoms with Crippen molar-refractivity contribution in [1.29, 1.82) is 0 Å². The highest BCUT2D eigenvalue weighted by molar-refractivity contribution is 5.84. The zero-order chi connectivity index (χ0) is 23.3. The first kappa shape index (κ1) is 21.1. The van der Waals surface area contributed by atoms with Crippen molar-refractivity contribution in [3.63, 3.8) is 0 Å². The van der Waals surface area contributed by atoms with Crippen molar-refractivity contribution in [2.24, 2.45) is 0 Å². The molecule has 0 aliphatic carbocycles. The molecule has 0 atom stereocenters. The van der Waals surface area contributed by atoms with Gasteiger partial charge in [-0.3, -0.25) is 0 Å². The lowest BCUT2D eigenvalue weighted by Crippen LogP contribution is -1.91. The maximum absolute atomic E-state index is 10.9. The number of phenols is 1. The van der Waals surface area contributed by atoms with Gasteiger partial charge in [0.1, 0.15) is 17.2 Å². The third-order valence-electron chi connectivity index (χ3n) is 5.69. The molecule has 0 aliphatic rings. The first-order valence-electron chi connectivity index (χ1n) is 11.0. The van der Waals surface area contributed by atoms with Gasteiger partial charge in [-0.1, -0.05) is 91.0 Å². The second-order valence-electron chi connectivity index (χ2n) is 7.86. The molecule has 0 radical (unpaired) electrons. The molecule has 0 fully saturated rings. The predicted molar refractivity (Wildman–Crippen MR) is 137 cm³/mol. The molecule has 0 amide bonds. The van der Waals surface area contributed by atoms with Gasteiger partial charge in [0.2, 0.25) is 5.69 Å². The maximum atomic E-state index is 10.9. The number of nitrogens with zero attached hydrogens (tertiary/aromatic N) is 1. The normalized spacial score (nSPS) is 10.4. The van der Waals surface area contributed by atoms with Crippen molar-refractivity contribution in [2.75, 3.05) is 0 Å². The first-order valence-corrected chi connectivity index (χ1v) is 11.0. The van der Waals surface area contributed by atoms with Gasteiger partial charge < -0.3 is 9.84 Å². The molecule has 34 heavy (non-hydrogen) atoms. The molecule has 0 unspecified atom stereocenters. The lowest BCUT2D eigenvalue weighted by Gasteiger charge is -2.16. The Labute approximate surface area is 199 Å². The van der Waals surface area contributed by atoms with E-state index in [4.69, 9.17) is 11.3 Å². The van der Waals surface area contributed by atoms with Crippen LogP contribution in [0.1, 0.15) is 0 Å². The lowest BCUT2D eigenvalue weighted by molar-refractivity contribution is 0.473. The second-order valence-corrected chi connectivity index (χ2v) is 7.86. The average molecular weight is 440 g/mol. The standard InChI is InChI=1S/C31H21NO2/c1-32-28-14-8-9-15-31(28)34-30-19-17-25(23-12-6-3-7-13-23)21-27(30)26-20-24(16-18-29(26)33)22-10-4-2-5-11-22/h2-21,33H. The van der Waals surface area contributed by atoms with Gasteiger partial charge in [-0.15, -0.1) is 0 Å². The largest absolute Gasteiger partial charge is 0.507 e. The van der Waals surface area contributed by atoms with Crippen LogP contribution in [0.2, 0.25) is 0 Å². The van der Waals surface area contributed by atoms with Gasteiger partial charge in [-0.05, 0) is 52.6 Å². The molecule has 0 aliphatic heterocycles. The summed E-state index contributed by atoms with van der Waals surface area (Å²) in [4.78, 5) is 3.58. The number of aromatic hydroxyl groups is 1. The van der Waals surface area contributed by atoms with Crippen LogP contribution in [-0.4, -0.2) is 5.11 Å². The van der Waals surface area contributed by atoms with Crippen molar-refractivity contribution < 1.29 is 9.84 Å². The van der Waals surface area contributed by atoms with E-state index < -0.39 is 0 Å². The van der Waals surface area contributed by atoms with E-state index in [1.165, 1.54) is 0 Å². The van der Waals surface area contributed by atoms with E-state index in [1.54, 1.807) is 18.2 Å². The summed E-state index contributed by atoms with van der Waals surface area (Å²) in [6.45, 7) is 7.48. The van der Waals surface area contributed by atoms with Crippen LogP contribution in [0, 0.1) is 6.57 Å². The van der Waals surface area contributed by atoms with E-state index >= 15 is 0 Å². The van der Waals surface area contributed by atoms with Crippen LogP contribution in [0.4, 0.5) is 5.69 Å². The van der Waals surface area contributed by atoms with Gasteiger partial charge in [0.15, 0.2) is 0 Å². The molecule has 3 nitrogen and oxygen atoms in total. The minimum atomic E-state index is 0.160. The molecule has 0 heterocycles. The molecular weight excluding hydrogens is 418 g/mol. The van der Waals surface area contributed by atoms with Crippen molar-refractivity contribution in [2.45, 2.75) is 0 Å². The Morgan fingerprint density at radius 1 is 0.529 bits per heavy atom. The summed E-state index contributed by atoms with van der Waals surface area (Å²) in [6, 6.07) is 38.8. The first-order chi connectivity index (χ1) is 16.7. The number of phenolic OH excluding ortho intramolecular Hbond substituents is 1. The van der Waals surface area contributed by atoms with E-state index in [1.807, 2.05) is 103 Å². The number of rotatable bonds is 5. The molecule has 0 saturated heterocycles. The van der Waals surface area contributed by atoms with E-state index in [-0.39, 0.29) is 5.75 Å². The molecule has 5 aromatic carbocycles. The lowest BCUT2D eigenvalue weighted by atomic mass is 9.94. The summed E-state index contributed by atoms with van der Waals surface area (Å²) in [5, 5.41) is 10.9. The third kappa shape index (κ3) is 4.26. The van der Waals surface area contributed by atoms with Crippen molar-refractivity contribution in [3.05, 3.63) is 133 Å². The summed E-state index contributed by atoms with van der Waals surface area (Å²) in [5.41, 5.74) is 5.96. The van der Waals surface area contributed by atoms with Crippen LogP contribution in [0.15, 0.2) is 121 Å². The highest BCUT2D eigenvalue weighted by atomic mass is 16.5. The van der Waals surface area contributed by atoms with Crippen LogP contribution in [0.25, 0.3) is 38.2 Å². The van der Waals surface area contributed by atoms with Crippen LogP contribution in [0.3, 0.4) is 0 Å². The number of benzene rings is 5. The zero-order valence-electron chi connectivity index (χ0n) is 18.3. The molecule has 3 heteroatoms. The Bertz CT molecular complexity index is 1490. The fourth-order valence-corrected chi connectivity index (χ4v) is 3.96. The molecule has 0 saturated carbocycles.